The summed E-state index contributed by atoms with van der Waals surface area (Å²) in [6.45, 7) is 8.61. The van der Waals surface area contributed by atoms with E-state index in [2.05, 4.69) is 98.3 Å². The van der Waals surface area contributed by atoms with Crippen molar-refractivity contribution in [1.29, 1.82) is 0 Å². The molecule has 2 aliphatic carbocycles. The van der Waals surface area contributed by atoms with E-state index >= 15 is 0 Å². The Hall–Kier alpha value is -13.2. The van der Waals surface area contributed by atoms with Crippen molar-refractivity contribution >= 4 is 91.8 Å². The molecule has 0 aliphatic heterocycles. The normalized spacial score (nSPS) is 14.8. The van der Waals surface area contributed by atoms with E-state index in [9.17, 15) is 68.3 Å². The monoisotopic (exact) mass is 1820 g/mol. The van der Waals surface area contributed by atoms with Gasteiger partial charge in [0.15, 0.2) is 0 Å². The van der Waals surface area contributed by atoms with Crippen molar-refractivity contribution in [3.8, 4) is 35.0 Å². The molecule has 6 aromatic carbocycles. The van der Waals surface area contributed by atoms with E-state index in [1.807, 2.05) is 36.4 Å². The van der Waals surface area contributed by atoms with Gasteiger partial charge in [-0.3, -0.25) is 19.2 Å². The summed E-state index contributed by atoms with van der Waals surface area (Å²) in [5.74, 6) is 3.42. The molecule has 12 rings (SSSR count). The molecule has 4 heterocycles. The van der Waals surface area contributed by atoms with Gasteiger partial charge in [0.2, 0.25) is 41.2 Å². The van der Waals surface area contributed by atoms with Gasteiger partial charge >= 0.3 is 30.6 Å². The van der Waals surface area contributed by atoms with Crippen molar-refractivity contribution in [3.05, 3.63) is 232 Å². The summed E-state index contributed by atoms with van der Waals surface area (Å²) in [5.41, 5.74) is 0.867. The number of halogens is 10. The number of ketones is 1. The summed E-state index contributed by atoms with van der Waals surface area (Å²) in [7, 11) is 3.38. The zero-order valence-electron chi connectivity index (χ0n) is 69.4. The van der Waals surface area contributed by atoms with Gasteiger partial charge in [-0.05, 0) is 179 Å². The van der Waals surface area contributed by atoms with Gasteiger partial charge < -0.3 is 76.2 Å². The Bertz CT molecular complexity index is 5290. The number of aliphatic hydroxyl groups is 1. The molecule has 126 heavy (non-hydrogen) atoms. The van der Waals surface area contributed by atoms with Crippen molar-refractivity contribution < 1.29 is 97.1 Å². The molecule has 0 spiro atoms. The van der Waals surface area contributed by atoms with Gasteiger partial charge in [-0.25, -0.2) is 49.5 Å². The molecule has 29 nitrogen and oxygen atoms in total. The molecule has 668 valence electrons. The van der Waals surface area contributed by atoms with Gasteiger partial charge in [0.25, 0.3) is 0 Å². The molecule has 0 atom stereocenters. The second-order valence-corrected chi connectivity index (χ2v) is 29.9. The summed E-state index contributed by atoms with van der Waals surface area (Å²) in [5, 5.41) is 30.6. The average molecular weight is 1820 g/mol. The van der Waals surface area contributed by atoms with Crippen LogP contribution in [-0.4, -0.2) is 145 Å². The highest BCUT2D eigenvalue weighted by Crippen LogP contribution is 2.38. The van der Waals surface area contributed by atoms with E-state index in [0.29, 0.717) is 135 Å². The minimum Gasteiger partial charge on any atom is -0.474 e. The van der Waals surface area contributed by atoms with Crippen LogP contribution in [0.5, 0.6) is 35.0 Å². The summed E-state index contributed by atoms with van der Waals surface area (Å²) in [4.78, 5) is 106. The quantitative estimate of drug-likeness (QED) is 0.0162. The van der Waals surface area contributed by atoms with Gasteiger partial charge in [0.05, 0.1) is 36.3 Å². The lowest BCUT2D eigenvalue weighted by atomic mass is 9.93. The second kappa shape index (κ2) is 46.5. The van der Waals surface area contributed by atoms with Crippen LogP contribution in [-0.2, 0) is 61.7 Å². The number of rotatable bonds is 28. The van der Waals surface area contributed by atoms with Crippen LogP contribution in [0.15, 0.2) is 181 Å². The van der Waals surface area contributed by atoms with Gasteiger partial charge in [0.1, 0.15) is 78.1 Å². The van der Waals surface area contributed by atoms with E-state index in [4.69, 9.17) is 28.8 Å². The van der Waals surface area contributed by atoms with E-state index in [1.165, 1.54) is 95.5 Å². The maximum atomic E-state index is 13.3. The summed E-state index contributed by atoms with van der Waals surface area (Å²) >= 11 is 3.39. The number of methoxy groups -OCH3 is 1. The molecule has 0 radical (unpaired) electrons. The van der Waals surface area contributed by atoms with Crippen LogP contribution in [0, 0.1) is 20.8 Å². The molecule has 0 unspecified atom stereocenters. The van der Waals surface area contributed by atoms with Gasteiger partial charge in [-0.1, -0.05) is 70.0 Å². The fraction of sp³-hybridized carbons (Fsp3) is 0.333. The van der Waals surface area contributed by atoms with Crippen LogP contribution < -0.4 is 66.4 Å². The molecule has 2 fully saturated rings. The number of anilines is 7. The highest BCUT2D eigenvalue weighted by Gasteiger charge is 2.36. The van der Waals surface area contributed by atoms with E-state index in [0.717, 1.165) is 33.9 Å². The number of Topliss-reactive ketones (excluding diaryl/α,β-unsaturated/α-hetero) is 1. The number of amides is 7. The molecule has 9 N–H and O–H groups in total. The highest BCUT2D eigenvalue weighted by molar-refractivity contribution is 9.10. The van der Waals surface area contributed by atoms with Crippen molar-refractivity contribution in [2.24, 2.45) is 0 Å². The first-order chi connectivity index (χ1) is 60.0. The molecule has 10 aromatic rings. The molecular weight excluding hydrogens is 1730 g/mol. The van der Waals surface area contributed by atoms with E-state index in [1.54, 1.807) is 80.6 Å². The Kier molecular flexibility index (Phi) is 35.7. The van der Waals surface area contributed by atoms with Crippen molar-refractivity contribution in [1.82, 2.24) is 50.5 Å². The lowest BCUT2D eigenvalue weighted by Gasteiger charge is -2.29. The molecule has 4 aromatic heterocycles. The Morgan fingerprint density at radius 3 is 1.29 bits per heavy atom. The molecular formula is C87H93BrF9N17O12. The smallest absolute Gasteiger partial charge is 0.416 e. The first-order valence-electron chi connectivity index (χ1n) is 39.5. The Balaban J connectivity index is 0.000000190. The number of aromatic nitrogens is 8. The SMILES string of the molecule is CC(=O)Nc1cc(Oc2ccc(CC(=O)Cc3ccc(C)cc3C(F)(F)F)cc2)ncn1.CC(=O)Nc1cc(Oc2ccc(CC(=O)N(C)c3ccc(Br)cc3)cc2)ncn1.COCCNc1cc(OC2CCC(NC(=O)Nc3ccc(C)c(C(F)(F)F)c3)CC2)ncn1.Cc1ccc(NC(=O)NC2CCC(Oc3cc(NCCO)ncn3)CC2)cc1C(F)(F)F. The van der Waals surface area contributed by atoms with Crippen LogP contribution in [0.4, 0.5) is 89.4 Å². The number of hydrogen-bond acceptors (Lipinski definition) is 22. The maximum Gasteiger partial charge on any atom is 0.416 e. The second-order valence-electron chi connectivity index (χ2n) is 29.0. The predicted molar refractivity (Wildman–Crippen MR) is 456 cm³/mol. The number of alkyl halides is 9. The Morgan fingerprint density at radius 2 is 0.873 bits per heavy atom. The summed E-state index contributed by atoms with van der Waals surface area (Å²) < 4.78 is 147. The molecule has 0 bridgehead atoms. The van der Waals surface area contributed by atoms with Crippen molar-refractivity contribution in [2.45, 2.75) is 148 Å². The lowest BCUT2D eigenvalue weighted by Crippen LogP contribution is -2.41. The van der Waals surface area contributed by atoms with Gasteiger partial charge in [-0.2, -0.15) is 39.5 Å². The average Bonchev–Trinajstić information content (AvgIpc) is 0.823. The number of benzene rings is 6. The van der Waals surface area contributed by atoms with Crippen LogP contribution in [0.3, 0.4) is 0 Å². The number of nitrogens with one attached hydrogen (secondary N) is 8. The standard InChI is InChI=1S/C23H20F3N3O3.C22H28F3N5O3.C21H19BrN4O3.C21H26F3N5O3/c1-14-3-6-17(20(9-14)23(24,25)26)11-18(31)10-16-4-7-19(8-5-16)32-22-12-21(27-13-28-22)29-15(2)30;1-14-3-4-16(11-18(14)22(23,24)25)30-21(31)29-15-5-7-17(8-6-15)33-20-12-19(27-13-28-20)26-9-10-32-2;1-14(27)25-19-12-20(24-13-23-19)29-18-9-3-15(4-10-18)11-21(28)26(2)17-7-5-16(22)6-8-17;1-13-2-3-15(10-17(13)21(22,23)24)29-20(31)28-14-4-6-16(7-5-14)32-19-11-18(25-8-9-30)26-12-27-19/h3-9,12-13H,10-11H2,1-2H3,(H,27,28,29,30);3-4,11-13,15,17H,5-10H2,1-2H3,(H,26,27,28)(H2,29,30,31);3-10,12-13H,11H2,1-2H3,(H,23,24,25,27);2-3,10-12,14,16,30H,4-9H2,1H3,(H,25,26,27)(H2,28,29,31). The summed E-state index contributed by atoms with van der Waals surface area (Å²) in [6, 6.07) is 37.9. The number of urea groups is 2. The third kappa shape index (κ3) is 32.5. The van der Waals surface area contributed by atoms with E-state index < -0.39 is 47.3 Å². The van der Waals surface area contributed by atoms with Gasteiger partial charge in [-0.15, -0.1) is 0 Å². The third-order valence-corrected chi connectivity index (χ3v) is 19.5. The first kappa shape index (κ1) is 96.6. The van der Waals surface area contributed by atoms with Crippen LogP contribution in [0.1, 0.15) is 115 Å². The number of nitrogens with zero attached hydrogens (tertiary/aromatic N) is 9. The fourth-order valence-corrected chi connectivity index (χ4v) is 13.0. The largest absolute Gasteiger partial charge is 0.474 e. The van der Waals surface area contributed by atoms with E-state index in [-0.39, 0.29) is 108 Å². The number of likely N-dealkylation sites (N-methyl/N-ethyl adjacent to an activating group) is 1. The zero-order chi connectivity index (χ0) is 91.1. The number of carbonyl (C=O) groups is 6. The predicted octanol–water partition coefficient (Wildman–Crippen LogP) is 17.2. The lowest BCUT2D eigenvalue weighted by molar-refractivity contribution is -0.139. The number of aryl methyl sites for hydroxylation is 3. The topological polar surface area (TPSA) is 371 Å². The zero-order valence-corrected chi connectivity index (χ0v) is 71.0. The van der Waals surface area contributed by atoms with Crippen LogP contribution in [0.25, 0.3) is 0 Å². The molecule has 2 aliphatic rings. The number of ether oxygens (including phenoxy) is 5. The summed E-state index contributed by atoms with van der Waals surface area (Å²) in [6.07, 6.45) is -2.74. The van der Waals surface area contributed by atoms with Crippen LogP contribution in [0.2, 0.25) is 0 Å². The van der Waals surface area contributed by atoms with Crippen molar-refractivity contribution in [2.75, 3.05) is 77.3 Å². The van der Waals surface area contributed by atoms with Crippen LogP contribution >= 0.6 is 15.9 Å². The highest BCUT2D eigenvalue weighted by atomic mass is 79.9. The minimum absolute atomic E-state index is 0.00829. The number of aliphatic hydroxyl groups excluding tert-OH is 1. The molecule has 7 amide bonds. The third-order valence-electron chi connectivity index (χ3n) is 19.0. The Labute approximate surface area is 727 Å². The fourth-order valence-electron chi connectivity index (χ4n) is 12.8. The molecule has 39 heteroatoms. The minimum atomic E-state index is -4.51. The van der Waals surface area contributed by atoms with Gasteiger partial charge in [0, 0.05) is 112 Å². The number of hydrogen-bond donors (Lipinski definition) is 9. The number of carbonyl (C=O) groups excluding carboxylic acids is 6. The van der Waals surface area contributed by atoms with Crippen molar-refractivity contribution in [3.63, 3.8) is 0 Å². The molecule has 0 saturated heterocycles. The molecule has 2 saturated carbocycles. The first-order valence-corrected chi connectivity index (χ1v) is 40.3. The maximum absolute atomic E-state index is 13.3. The Morgan fingerprint density at radius 1 is 0.460 bits per heavy atom.